The second kappa shape index (κ2) is 5.30. The summed E-state index contributed by atoms with van der Waals surface area (Å²) in [4.78, 5) is 22.3. The molecule has 0 saturated carbocycles. The Hall–Kier alpha value is -2.69. The maximum Gasteiger partial charge on any atom is 0.292 e. The first-order chi connectivity index (χ1) is 9.08. The number of nitrogens with one attached hydrogen (secondary N) is 1. The van der Waals surface area contributed by atoms with Gasteiger partial charge in [0.25, 0.3) is 11.6 Å². The van der Waals surface area contributed by atoms with Crippen molar-refractivity contribution in [3.63, 3.8) is 0 Å². The molecule has 19 heavy (non-hydrogen) atoms. The summed E-state index contributed by atoms with van der Waals surface area (Å²) in [6.45, 7) is 1.88. The molecule has 0 bridgehead atoms. The summed E-state index contributed by atoms with van der Waals surface area (Å²) in [6, 6.07) is 13.1. The van der Waals surface area contributed by atoms with Crippen molar-refractivity contribution < 1.29 is 9.72 Å². The van der Waals surface area contributed by atoms with Crippen LogP contribution in [0.15, 0.2) is 48.5 Å². The third-order valence-corrected chi connectivity index (χ3v) is 2.63. The van der Waals surface area contributed by atoms with Crippen molar-refractivity contribution in [2.24, 2.45) is 0 Å². The van der Waals surface area contributed by atoms with Gasteiger partial charge in [-0.15, -0.1) is 0 Å². The fourth-order valence-corrected chi connectivity index (χ4v) is 1.72. The van der Waals surface area contributed by atoms with Crippen molar-refractivity contribution in [2.45, 2.75) is 6.92 Å². The maximum atomic E-state index is 12.0. The van der Waals surface area contributed by atoms with Crippen LogP contribution in [-0.2, 0) is 0 Å². The van der Waals surface area contributed by atoms with Gasteiger partial charge in [0.15, 0.2) is 0 Å². The van der Waals surface area contributed by atoms with E-state index in [1.54, 1.807) is 30.3 Å². The standard InChI is InChI=1S/C14H12N2O3/c1-10-5-4-6-11(9-10)14(17)15-12-7-2-3-8-13(12)16(18)19/h2-9H,1H3,(H,15,17). The molecule has 0 spiro atoms. The lowest BCUT2D eigenvalue weighted by atomic mass is 10.1. The van der Waals surface area contributed by atoms with E-state index in [0.717, 1.165) is 5.56 Å². The van der Waals surface area contributed by atoms with Crippen molar-refractivity contribution in [1.29, 1.82) is 0 Å². The fraction of sp³-hybridized carbons (Fsp3) is 0.0714. The number of hydrogen-bond acceptors (Lipinski definition) is 3. The second-order valence-corrected chi connectivity index (χ2v) is 4.10. The molecule has 2 rings (SSSR count). The van der Waals surface area contributed by atoms with Gasteiger partial charge in [-0.2, -0.15) is 0 Å². The van der Waals surface area contributed by atoms with Crippen molar-refractivity contribution >= 4 is 17.3 Å². The summed E-state index contributed by atoms with van der Waals surface area (Å²) in [5, 5.41) is 13.4. The van der Waals surface area contributed by atoms with E-state index in [4.69, 9.17) is 0 Å². The van der Waals surface area contributed by atoms with Crippen molar-refractivity contribution in [3.05, 3.63) is 69.8 Å². The number of nitro groups is 1. The normalized spacial score (nSPS) is 9.95. The molecular formula is C14H12N2O3. The Balaban J connectivity index is 2.27. The lowest BCUT2D eigenvalue weighted by Gasteiger charge is -2.06. The Morgan fingerprint density at radius 3 is 2.58 bits per heavy atom. The van der Waals surface area contributed by atoms with E-state index in [1.807, 2.05) is 13.0 Å². The van der Waals surface area contributed by atoms with Crippen LogP contribution in [0, 0.1) is 17.0 Å². The molecule has 0 aliphatic carbocycles. The highest BCUT2D eigenvalue weighted by Crippen LogP contribution is 2.23. The van der Waals surface area contributed by atoms with Gasteiger partial charge in [-0.25, -0.2) is 0 Å². The summed E-state index contributed by atoms with van der Waals surface area (Å²) in [5.74, 6) is -0.363. The molecule has 96 valence electrons. The molecule has 2 aromatic carbocycles. The molecule has 0 unspecified atom stereocenters. The van der Waals surface area contributed by atoms with E-state index in [1.165, 1.54) is 12.1 Å². The molecule has 0 radical (unpaired) electrons. The summed E-state index contributed by atoms with van der Waals surface area (Å²) in [6.07, 6.45) is 0. The number of nitro benzene ring substituents is 1. The number of rotatable bonds is 3. The van der Waals surface area contributed by atoms with Crippen LogP contribution in [0.3, 0.4) is 0 Å². The van der Waals surface area contributed by atoms with Gasteiger partial charge in [0.1, 0.15) is 5.69 Å². The number of hydrogen-bond donors (Lipinski definition) is 1. The van der Waals surface area contributed by atoms with Gasteiger partial charge in [0.2, 0.25) is 0 Å². The zero-order valence-corrected chi connectivity index (χ0v) is 10.3. The first kappa shape index (κ1) is 12.8. The number of nitrogens with zero attached hydrogens (tertiary/aromatic N) is 1. The average molecular weight is 256 g/mol. The molecule has 0 aliphatic rings. The summed E-state index contributed by atoms with van der Waals surface area (Å²) >= 11 is 0. The van der Waals surface area contributed by atoms with E-state index in [2.05, 4.69) is 5.32 Å². The second-order valence-electron chi connectivity index (χ2n) is 4.10. The maximum absolute atomic E-state index is 12.0. The number of amides is 1. The number of benzene rings is 2. The van der Waals surface area contributed by atoms with Gasteiger partial charge < -0.3 is 5.32 Å². The zero-order valence-electron chi connectivity index (χ0n) is 10.3. The van der Waals surface area contributed by atoms with Crippen LogP contribution in [0.25, 0.3) is 0 Å². The van der Waals surface area contributed by atoms with Gasteiger partial charge in [0.05, 0.1) is 4.92 Å². The average Bonchev–Trinajstić information content (AvgIpc) is 2.39. The van der Waals surface area contributed by atoms with Crippen LogP contribution in [0.1, 0.15) is 15.9 Å². The van der Waals surface area contributed by atoms with Crippen LogP contribution in [0.5, 0.6) is 0 Å². The molecule has 2 aromatic rings. The smallest absolute Gasteiger partial charge is 0.292 e. The van der Waals surface area contributed by atoms with Crippen LogP contribution < -0.4 is 5.32 Å². The predicted octanol–water partition coefficient (Wildman–Crippen LogP) is 3.16. The third-order valence-electron chi connectivity index (χ3n) is 2.63. The van der Waals surface area contributed by atoms with E-state index < -0.39 is 4.92 Å². The van der Waals surface area contributed by atoms with E-state index >= 15 is 0 Å². The van der Waals surface area contributed by atoms with E-state index in [-0.39, 0.29) is 17.3 Å². The molecule has 0 aromatic heterocycles. The van der Waals surface area contributed by atoms with Gasteiger partial charge in [0, 0.05) is 11.6 Å². The van der Waals surface area contributed by atoms with Crippen LogP contribution in [-0.4, -0.2) is 10.8 Å². The topological polar surface area (TPSA) is 72.2 Å². The lowest BCUT2D eigenvalue weighted by molar-refractivity contribution is -0.383. The number of anilines is 1. The summed E-state index contributed by atoms with van der Waals surface area (Å²) in [5.41, 5.74) is 1.50. The molecule has 0 fully saturated rings. The minimum Gasteiger partial charge on any atom is -0.316 e. The Kier molecular flexibility index (Phi) is 3.56. The molecule has 5 nitrogen and oxygen atoms in total. The number of carbonyl (C=O) groups excluding carboxylic acids is 1. The lowest BCUT2D eigenvalue weighted by Crippen LogP contribution is -2.13. The van der Waals surface area contributed by atoms with Crippen molar-refractivity contribution in [2.75, 3.05) is 5.32 Å². The van der Waals surface area contributed by atoms with Crippen molar-refractivity contribution in [3.8, 4) is 0 Å². The van der Waals surface area contributed by atoms with Crippen molar-refractivity contribution in [1.82, 2.24) is 0 Å². The van der Waals surface area contributed by atoms with Gasteiger partial charge >= 0.3 is 0 Å². The fourth-order valence-electron chi connectivity index (χ4n) is 1.72. The molecule has 0 saturated heterocycles. The zero-order chi connectivity index (χ0) is 13.8. The predicted molar refractivity (Wildman–Crippen MR) is 72.2 cm³/mol. The van der Waals surface area contributed by atoms with E-state index in [0.29, 0.717) is 5.56 Å². The molecule has 1 amide bonds. The third kappa shape index (κ3) is 2.95. The summed E-state index contributed by atoms with van der Waals surface area (Å²) in [7, 11) is 0. The molecule has 1 N–H and O–H groups in total. The minimum atomic E-state index is -0.522. The highest BCUT2D eigenvalue weighted by atomic mass is 16.6. The largest absolute Gasteiger partial charge is 0.316 e. The monoisotopic (exact) mass is 256 g/mol. The quantitative estimate of drug-likeness (QED) is 0.677. The van der Waals surface area contributed by atoms with Crippen LogP contribution in [0.2, 0.25) is 0 Å². The Morgan fingerprint density at radius 1 is 1.16 bits per heavy atom. The Morgan fingerprint density at radius 2 is 1.89 bits per heavy atom. The van der Waals surface area contributed by atoms with E-state index in [9.17, 15) is 14.9 Å². The first-order valence-electron chi connectivity index (χ1n) is 5.69. The molecule has 0 heterocycles. The number of carbonyl (C=O) groups is 1. The molecule has 0 atom stereocenters. The van der Waals surface area contributed by atoms with Gasteiger partial charge in [-0.1, -0.05) is 29.8 Å². The molecule has 0 aliphatic heterocycles. The van der Waals surface area contributed by atoms with Gasteiger partial charge in [-0.05, 0) is 25.1 Å². The first-order valence-corrected chi connectivity index (χ1v) is 5.69. The highest BCUT2D eigenvalue weighted by molar-refractivity contribution is 6.05. The Labute approximate surface area is 110 Å². The van der Waals surface area contributed by atoms with Gasteiger partial charge in [-0.3, -0.25) is 14.9 Å². The van der Waals surface area contributed by atoms with Crippen LogP contribution in [0.4, 0.5) is 11.4 Å². The number of aryl methyl sites for hydroxylation is 1. The highest BCUT2D eigenvalue weighted by Gasteiger charge is 2.15. The Bertz CT molecular complexity index is 638. The number of para-hydroxylation sites is 2. The SMILES string of the molecule is Cc1cccc(C(=O)Nc2ccccc2[N+](=O)[O-])c1. The van der Waals surface area contributed by atoms with Crippen LogP contribution >= 0.6 is 0 Å². The molecule has 5 heteroatoms. The molecular weight excluding hydrogens is 244 g/mol. The summed E-state index contributed by atoms with van der Waals surface area (Å²) < 4.78 is 0. The minimum absolute atomic E-state index is 0.122.